The number of halogens is 3. The zero-order chi connectivity index (χ0) is 16.3. The van der Waals surface area contributed by atoms with Gasteiger partial charge in [0.15, 0.2) is 6.61 Å². The van der Waals surface area contributed by atoms with Crippen LogP contribution in [0.25, 0.3) is 0 Å². The van der Waals surface area contributed by atoms with Gasteiger partial charge in [0, 0.05) is 18.7 Å². The summed E-state index contributed by atoms with van der Waals surface area (Å²) < 4.78 is 47.7. The van der Waals surface area contributed by atoms with Crippen molar-refractivity contribution in [3.63, 3.8) is 0 Å². The molecular formula is C13H15F3N4O2. The molecular weight excluding hydrogens is 301 g/mol. The molecule has 0 aromatic carbocycles. The number of hydrogen-bond acceptors (Lipinski definition) is 5. The van der Waals surface area contributed by atoms with Gasteiger partial charge in [0.1, 0.15) is 12.3 Å². The first-order chi connectivity index (χ1) is 10.3. The van der Waals surface area contributed by atoms with Crippen LogP contribution in [0.15, 0.2) is 12.1 Å². The molecule has 0 amide bonds. The van der Waals surface area contributed by atoms with Gasteiger partial charge in [-0.05, 0) is 19.9 Å². The van der Waals surface area contributed by atoms with Gasteiger partial charge in [0.05, 0.1) is 5.69 Å². The molecule has 0 aliphatic rings. The van der Waals surface area contributed by atoms with Crippen LogP contribution in [0.5, 0.6) is 11.8 Å². The van der Waals surface area contributed by atoms with E-state index in [1.165, 1.54) is 12.1 Å². The highest BCUT2D eigenvalue weighted by Gasteiger charge is 2.28. The predicted molar refractivity (Wildman–Crippen MR) is 70.6 cm³/mol. The Labute approximate surface area is 124 Å². The molecule has 120 valence electrons. The highest BCUT2D eigenvalue weighted by molar-refractivity contribution is 5.29. The molecule has 0 aliphatic heterocycles. The highest BCUT2D eigenvalue weighted by Crippen LogP contribution is 2.21. The van der Waals surface area contributed by atoms with Gasteiger partial charge in [-0.3, -0.25) is 0 Å². The van der Waals surface area contributed by atoms with Gasteiger partial charge < -0.3 is 9.47 Å². The zero-order valence-corrected chi connectivity index (χ0v) is 12.3. The van der Waals surface area contributed by atoms with E-state index >= 15 is 0 Å². The molecule has 0 atom stereocenters. The first-order valence-corrected chi connectivity index (χ1v) is 6.41. The summed E-state index contributed by atoms with van der Waals surface area (Å²) in [6.45, 7) is 2.49. The van der Waals surface area contributed by atoms with Crippen molar-refractivity contribution in [2.24, 2.45) is 7.05 Å². The first kappa shape index (κ1) is 16.1. The van der Waals surface area contributed by atoms with Crippen molar-refractivity contribution in [3.8, 4) is 11.8 Å². The largest absolute Gasteiger partial charge is 0.471 e. The van der Waals surface area contributed by atoms with Crippen LogP contribution in [0.1, 0.15) is 17.0 Å². The molecule has 0 spiro atoms. The SMILES string of the molecule is Cc1nn(C)c(OCc2ccc(OCC(F)(F)F)nn2)c1C. The van der Waals surface area contributed by atoms with Crippen molar-refractivity contribution in [1.82, 2.24) is 20.0 Å². The molecule has 2 aromatic rings. The number of ether oxygens (including phenoxy) is 2. The molecule has 22 heavy (non-hydrogen) atoms. The lowest BCUT2D eigenvalue weighted by Gasteiger charge is -2.09. The van der Waals surface area contributed by atoms with E-state index in [0.717, 1.165) is 11.3 Å². The van der Waals surface area contributed by atoms with Crippen LogP contribution in [-0.2, 0) is 13.7 Å². The Balaban J connectivity index is 1.94. The summed E-state index contributed by atoms with van der Waals surface area (Å²) >= 11 is 0. The van der Waals surface area contributed by atoms with Crippen LogP contribution < -0.4 is 9.47 Å². The summed E-state index contributed by atoms with van der Waals surface area (Å²) in [4.78, 5) is 0. The van der Waals surface area contributed by atoms with E-state index in [2.05, 4.69) is 20.0 Å². The quantitative estimate of drug-likeness (QED) is 0.847. The molecule has 9 heteroatoms. The van der Waals surface area contributed by atoms with E-state index in [4.69, 9.17) is 4.74 Å². The van der Waals surface area contributed by atoms with Crippen LogP contribution in [-0.4, -0.2) is 32.8 Å². The number of alkyl halides is 3. The van der Waals surface area contributed by atoms with Gasteiger partial charge in [-0.1, -0.05) is 0 Å². The van der Waals surface area contributed by atoms with Gasteiger partial charge in [0.2, 0.25) is 11.8 Å². The second kappa shape index (κ2) is 6.20. The molecule has 0 radical (unpaired) electrons. The Kier molecular flexibility index (Phi) is 4.53. The Hall–Kier alpha value is -2.32. The molecule has 0 saturated carbocycles. The maximum absolute atomic E-state index is 12.0. The van der Waals surface area contributed by atoms with Crippen LogP contribution in [0.3, 0.4) is 0 Å². The second-order valence-electron chi connectivity index (χ2n) is 4.69. The van der Waals surface area contributed by atoms with Crippen LogP contribution in [0.4, 0.5) is 13.2 Å². The number of aromatic nitrogens is 4. The summed E-state index contributed by atoms with van der Waals surface area (Å²) in [7, 11) is 1.76. The fourth-order valence-electron chi connectivity index (χ4n) is 1.74. The van der Waals surface area contributed by atoms with Crippen LogP contribution in [0, 0.1) is 13.8 Å². The molecule has 0 N–H and O–H groups in total. The van der Waals surface area contributed by atoms with E-state index in [-0.39, 0.29) is 12.5 Å². The molecule has 0 bridgehead atoms. The maximum Gasteiger partial charge on any atom is 0.422 e. The van der Waals surface area contributed by atoms with Gasteiger partial charge in [-0.25, -0.2) is 4.68 Å². The van der Waals surface area contributed by atoms with E-state index < -0.39 is 12.8 Å². The molecule has 2 aromatic heterocycles. The van der Waals surface area contributed by atoms with Gasteiger partial charge >= 0.3 is 6.18 Å². The lowest BCUT2D eigenvalue weighted by molar-refractivity contribution is -0.154. The third kappa shape index (κ3) is 4.09. The topological polar surface area (TPSA) is 62.1 Å². The van der Waals surface area contributed by atoms with Crippen molar-refractivity contribution >= 4 is 0 Å². The maximum atomic E-state index is 12.0. The Morgan fingerprint density at radius 3 is 2.36 bits per heavy atom. The number of hydrogen-bond donors (Lipinski definition) is 0. The average Bonchev–Trinajstić information content (AvgIpc) is 2.68. The average molecular weight is 316 g/mol. The van der Waals surface area contributed by atoms with Crippen molar-refractivity contribution in [1.29, 1.82) is 0 Å². The van der Waals surface area contributed by atoms with Gasteiger partial charge in [-0.15, -0.1) is 10.2 Å². The van der Waals surface area contributed by atoms with E-state index in [1.54, 1.807) is 11.7 Å². The summed E-state index contributed by atoms with van der Waals surface area (Å²) in [5.74, 6) is 0.422. The standard InChI is InChI=1S/C13H15F3N4O2/c1-8-9(2)19-20(3)12(8)21-6-10-4-5-11(18-17-10)22-7-13(14,15)16/h4-5H,6-7H2,1-3H3. The lowest BCUT2D eigenvalue weighted by atomic mass is 10.3. The summed E-state index contributed by atoms with van der Waals surface area (Å²) in [5.41, 5.74) is 2.25. The van der Waals surface area contributed by atoms with Crippen molar-refractivity contribution in [2.45, 2.75) is 26.6 Å². The lowest BCUT2D eigenvalue weighted by Crippen LogP contribution is -2.19. The molecule has 2 rings (SSSR count). The number of aryl methyl sites for hydroxylation is 2. The minimum absolute atomic E-state index is 0.131. The first-order valence-electron chi connectivity index (χ1n) is 6.41. The van der Waals surface area contributed by atoms with Gasteiger partial charge in [-0.2, -0.15) is 18.3 Å². The minimum Gasteiger partial charge on any atom is -0.471 e. The molecule has 0 aliphatic carbocycles. The molecule has 0 saturated heterocycles. The third-order valence-corrected chi connectivity index (χ3v) is 2.89. The normalized spacial score (nSPS) is 11.5. The molecule has 2 heterocycles. The number of rotatable bonds is 5. The van der Waals surface area contributed by atoms with Crippen molar-refractivity contribution < 1.29 is 22.6 Å². The zero-order valence-electron chi connectivity index (χ0n) is 12.3. The predicted octanol–water partition coefficient (Wildman–Crippen LogP) is 2.35. The van der Waals surface area contributed by atoms with Crippen molar-refractivity contribution in [2.75, 3.05) is 6.61 Å². The number of nitrogens with zero attached hydrogens (tertiary/aromatic N) is 4. The Bertz CT molecular complexity index is 638. The Morgan fingerprint density at radius 2 is 1.86 bits per heavy atom. The minimum atomic E-state index is -4.40. The highest BCUT2D eigenvalue weighted by atomic mass is 19.4. The molecule has 0 fully saturated rings. The monoisotopic (exact) mass is 316 g/mol. The fraction of sp³-hybridized carbons (Fsp3) is 0.462. The van der Waals surface area contributed by atoms with E-state index in [1.807, 2.05) is 13.8 Å². The van der Waals surface area contributed by atoms with Crippen LogP contribution >= 0.6 is 0 Å². The summed E-state index contributed by atoms with van der Waals surface area (Å²) in [6.07, 6.45) is -4.40. The van der Waals surface area contributed by atoms with Gasteiger partial charge in [0.25, 0.3) is 0 Å². The third-order valence-electron chi connectivity index (χ3n) is 2.89. The van der Waals surface area contributed by atoms with Crippen molar-refractivity contribution in [3.05, 3.63) is 29.1 Å². The van der Waals surface area contributed by atoms with E-state index in [0.29, 0.717) is 11.6 Å². The second-order valence-corrected chi connectivity index (χ2v) is 4.69. The fourth-order valence-corrected chi connectivity index (χ4v) is 1.74. The molecule has 6 nitrogen and oxygen atoms in total. The summed E-state index contributed by atoms with van der Waals surface area (Å²) in [5, 5.41) is 11.5. The summed E-state index contributed by atoms with van der Waals surface area (Å²) in [6, 6.07) is 2.82. The smallest absolute Gasteiger partial charge is 0.422 e. The van der Waals surface area contributed by atoms with E-state index in [9.17, 15) is 13.2 Å². The van der Waals surface area contributed by atoms with Crippen LogP contribution in [0.2, 0.25) is 0 Å². The molecule has 0 unspecified atom stereocenters. The Morgan fingerprint density at radius 1 is 1.14 bits per heavy atom.